The van der Waals surface area contributed by atoms with Gasteiger partial charge in [-0.2, -0.15) is 0 Å². The van der Waals surface area contributed by atoms with E-state index < -0.39 is 0 Å². The summed E-state index contributed by atoms with van der Waals surface area (Å²) in [6.45, 7) is 7.00. The molecule has 2 aromatic rings. The van der Waals surface area contributed by atoms with Crippen molar-refractivity contribution in [3.05, 3.63) is 28.5 Å². The van der Waals surface area contributed by atoms with Gasteiger partial charge in [0.25, 0.3) is 0 Å². The van der Waals surface area contributed by atoms with Gasteiger partial charge < -0.3 is 9.67 Å². The van der Waals surface area contributed by atoms with Gasteiger partial charge in [0.1, 0.15) is 5.65 Å². The molecule has 0 fully saturated rings. The van der Waals surface area contributed by atoms with E-state index in [2.05, 4.69) is 29.5 Å². The lowest BCUT2D eigenvalue weighted by molar-refractivity contribution is 0.0521. The largest absolute Gasteiger partial charge is 0.391 e. The lowest BCUT2D eigenvalue weighted by atomic mass is 9.84. The van der Waals surface area contributed by atoms with Crippen molar-refractivity contribution in [2.45, 2.75) is 39.8 Å². The van der Waals surface area contributed by atoms with E-state index in [9.17, 15) is 5.11 Å². The number of hydrogen-bond acceptors (Lipinski definition) is 2. The van der Waals surface area contributed by atoms with Crippen LogP contribution >= 0.6 is 11.6 Å². The number of aliphatic hydroxyl groups is 1. The highest BCUT2D eigenvalue weighted by Gasteiger charge is 2.30. The fraction of sp³-hybridized carbons (Fsp3) is 0.533. The number of aryl methyl sites for hydroxylation is 1. The van der Waals surface area contributed by atoms with Crippen LogP contribution in [0.15, 0.2) is 12.3 Å². The number of nitrogens with zero attached hydrogens (tertiary/aromatic N) is 2. The van der Waals surface area contributed by atoms with Crippen molar-refractivity contribution in [3.63, 3.8) is 0 Å². The first kappa shape index (κ1) is 12.9. The van der Waals surface area contributed by atoms with Crippen LogP contribution in [0.5, 0.6) is 0 Å². The normalized spacial score (nSPS) is 23.1. The van der Waals surface area contributed by atoms with Crippen molar-refractivity contribution in [3.8, 4) is 0 Å². The molecule has 0 aromatic carbocycles. The predicted molar refractivity (Wildman–Crippen MR) is 77.5 cm³/mol. The molecule has 0 radical (unpaired) electrons. The van der Waals surface area contributed by atoms with Gasteiger partial charge in [0.05, 0.1) is 17.7 Å². The van der Waals surface area contributed by atoms with Gasteiger partial charge in [-0.1, -0.05) is 25.4 Å². The summed E-state index contributed by atoms with van der Waals surface area (Å²) in [5.41, 5.74) is 3.28. The molecule has 1 aliphatic heterocycles. The number of aromatic nitrogens is 2. The predicted octanol–water partition coefficient (Wildman–Crippen LogP) is 3.19. The summed E-state index contributed by atoms with van der Waals surface area (Å²) in [6, 6.07) is 2.19. The Hall–Kier alpha value is -1.06. The van der Waals surface area contributed by atoms with Crippen molar-refractivity contribution < 1.29 is 5.11 Å². The van der Waals surface area contributed by atoms with Crippen LogP contribution in [0.25, 0.3) is 11.0 Å². The lowest BCUT2D eigenvalue weighted by Gasteiger charge is -2.32. The third kappa shape index (κ3) is 1.96. The fourth-order valence-electron chi connectivity index (χ4n) is 3.10. The Morgan fingerprint density at radius 2 is 2.21 bits per heavy atom. The van der Waals surface area contributed by atoms with Gasteiger partial charge in [0.2, 0.25) is 0 Å². The van der Waals surface area contributed by atoms with Gasteiger partial charge in [0.15, 0.2) is 0 Å². The minimum Gasteiger partial charge on any atom is -0.391 e. The van der Waals surface area contributed by atoms with E-state index in [1.54, 1.807) is 6.20 Å². The molecule has 2 aromatic heterocycles. The van der Waals surface area contributed by atoms with E-state index in [0.717, 1.165) is 23.0 Å². The molecule has 0 aliphatic carbocycles. The number of aliphatic hydroxyl groups excluding tert-OH is 1. The highest BCUT2D eigenvalue weighted by Crippen LogP contribution is 2.33. The molecule has 0 spiro atoms. The molecule has 3 nitrogen and oxygen atoms in total. The van der Waals surface area contributed by atoms with Crippen LogP contribution in [-0.2, 0) is 13.0 Å². The number of fused-ring (bicyclic) bond motifs is 3. The maximum absolute atomic E-state index is 10.3. The molecule has 0 amide bonds. The van der Waals surface area contributed by atoms with E-state index in [0.29, 0.717) is 23.4 Å². The fourth-order valence-corrected chi connectivity index (χ4v) is 3.25. The molecular formula is C15H19ClN2O. The summed E-state index contributed by atoms with van der Waals surface area (Å²) in [5, 5.41) is 12.1. The second-order valence-corrected chi connectivity index (χ2v) is 6.30. The maximum atomic E-state index is 10.3. The van der Waals surface area contributed by atoms with Crippen LogP contribution in [0.1, 0.15) is 25.1 Å². The van der Waals surface area contributed by atoms with Gasteiger partial charge in [0, 0.05) is 17.3 Å². The molecule has 3 rings (SSSR count). The Balaban J connectivity index is 2.15. The van der Waals surface area contributed by atoms with Crippen molar-refractivity contribution in [2.24, 2.45) is 11.8 Å². The molecule has 102 valence electrons. The standard InChI is InChI=1S/C15H19ClN2O/c1-8(2)11-4-10-5-12-9(3)13(16)6-17-15(12)18(10)7-14(11)19/h5-6,8,11,14,19H,4,7H2,1-3H3. The first-order valence-electron chi connectivity index (χ1n) is 6.80. The van der Waals surface area contributed by atoms with Gasteiger partial charge in [-0.3, -0.25) is 0 Å². The van der Waals surface area contributed by atoms with E-state index in [1.165, 1.54) is 5.69 Å². The van der Waals surface area contributed by atoms with E-state index in [4.69, 9.17) is 11.6 Å². The van der Waals surface area contributed by atoms with Crippen LogP contribution in [0.3, 0.4) is 0 Å². The highest BCUT2D eigenvalue weighted by atomic mass is 35.5. The first-order valence-corrected chi connectivity index (χ1v) is 7.18. The Bertz CT molecular complexity index is 633. The SMILES string of the molecule is Cc1c(Cl)cnc2c1cc1n2CC(O)C(C(C)C)C1. The summed E-state index contributed by atoms with van der Waals surface area (Å²) >= 11 is 6.14. The molecule has 3 heterocycles. The Kier molecular flexibility index (Phi) is 3.06. The molecule has 19 heavy (non-hydrogen) atoms. The molecule has 1 aliphatic rings. The van der Waals surface area contributed by atoms with Crippen molar-refractivity contribution in [1.29, 1.82) is 0 Å². The van der Waals surface area contributed by atoms with Gasteiger partial charge in [-0.15, -0.1) is 0 Å². The molecule has 2 atom stereocenters. The molecule has 4 heteroatoms. The van der Waals surface area contributed by atoms with E-state index >= 15 is 0 Å². The molecule has 0 saturated heterocycles. The number of rotatable bonds is 1. The lowest BCUT2D eigenvalue weighted by Crippen LogP contribution is -2.36. The minimum absolute atomic E-state index is 0.291. The number of pyridine rings is 1. The third-order valence-electron chi connectivity index (χ3n) is 4.38. The second-order valence-electron chi connectivity index (χ2n) is 5.89. The smallest absolute Gasteiger partial charge is 0.140 e. The summed E-state index contributed by atoms with van der Waals surface area (Å²) in [7, 11) is 0. The minimum atomic E-state index is -0.291. The Morgan fingerprint density at radius 3 is 2.89 bits per heavy atom. The van der Waals surface area contributed by atoms with Crippen LogP contribution in [0, 0.1) is 18.8 Å². The molecule has 2 unspecified atom stereocenters. The van der Waals surface area contributed by atoms with Crippen LogP contribution < -0.4 is 0 Å². The molecular weight excluding hydrogens is 260 g/mol. The number of hydrogen-bond donors (Lipinski definition) is 1. The summed E-state index contributed by atoms with van der Waals surface area (Å²) in [4.78, 5) is 4.44. The zero-order valence-corrected chi connectivity index (χ0v) is 12.3. The average Bonchev–Trinajstić information content (AvgIpc) is 2.71. The van der Waals surface area contributed by atoms with Crippen molar-refractivity contribution in [2.75, 3.05) is 0 Å². The van der Waals surface area contributed by atoms with Gasteiger partial charge in [-0.25, -0.2) is 4.98 Å². The summed E-state index contributed by atoms with van der Waals surface area (Å²) < 4.78 is 2.14. The Morgan fingerprint density at radius 1 is 1.47 bits per heavy atom. The number of halogens is 1. The zero-order chi connectivity index (χ0) is 13.7. The molecule has 0 bridgehead atoms. The summed E-state index contributed by atoms with van der Waals surface area (Å²) in [6.07, 6.45) is 2.32. The zero-order valence-electron chi connectivity index (χ0n) is 11.5. The molecule has 1 N–H and O–H groups in total. The third-order valence-corrected chi connectivity index (χ3v) is 4.76. The Labute approximate surface area is 118 Å². The first-order chi connectivity index (χ1) is 8.99. The van der Waals surface area contributed by atoms with Gasteiger partial charge in [-0.05, 0) is 36.8 Å². The average molecular weight is 279 g/mol. The molecule has 0 saturated carbocycles. The van der Waals surface area contributed by atoms with Crippen LogP contribution in [-0.4, -0.2) is 20.8 Å². The second kappa shape index (κ2) is 4.50. The van der Waals surface area contributed by atoms with Crippen LogP contribution in [0.2, 0.25) is 5.02 Å². The maximum Gasteiger partial charge on any atom is 0.140 e. The monoisotopic (exact) mass is 278 g/mol. The van der Waals surface area contributed by atoms with Gasteiger partial charge >= 0.3 is 0 Å². The topological polar surface area (TPSA) is 38.0 Å². The summed E-state index contributed by atoms with van der Waals surface area (Å²) in [5.74, 6) is 0.812. The quantitative estimate of drug-likeness (QED) is 0.870. The van der Waals surface area contributed by atoms with E-state index in [1.807, 2.05) is 6.92 Å². The van der Waals surface area contributed by atoms with Crippen LogP contribution in [0.4, 0.5) is 0 Å². The highest BCUT2D eigenvalue weighted by molar-refractivity contribution is 6.32. The van der Waals surface area contributed by atoms with Crippen molar-refractivity contribution >= 4 is 22.6 Å². The van der Waals surface area contributed by atoms with E-state index in [-0.39, 0.29) is 6.10 Å². The van der Waals surface area contributed by atoms with Crippen molar-refractivity contribution in [1.82, 2.24) is 9.55 Å².